The Labute approximate surface area is 205 Å². The van der Waals surface area contributed by atoms with Crippen molar-refractivity contribution < 1.29 is 18.0 Å². The fraction of sp³-hybridized carbons (Fsp3) is 0.269. The van der Waals surface area contributed by atoms with E-state index in [1.807, 2.05) is 30.3 Å². The van der Waals surface area contributed by atoms with Crippen molar-refractivity contribution in [2.24, 2.45) is 5.92 Å². The molecule has 0 spiro atoms. The molecule has 0 saturated carbocycles. The van der Waals surface area contributed by atoms with Crippen LogP contribution in [0.25, 0.3) is 0 Å². The normalized spacial score (nSPS) is 17.3. The van der Waals surface area contributed by atoms with Crippen molar-refractivity contribution in [2.75, 3.05) is 18.4 Å². The van der Waals surface area contributed by atoms with Crippen molar-refractivity contribution in [2.45, 2.75) is 30.2 Å². The van der Waals surface area contributed by atoms with Crippen molar-refractivity contribution in [1.29, 1.82) is 0 Å². The van der Waals surface area contributed by atoms with Crippen LogP contribution in [0.3, 0.4) is 0 Å². The van der Waals surface area contributed by atoms with Crippen molar-refractivity contribution in [3.63, 3.8) is 0 Å². The molecule has 2 N–H and O–H groups in total. The van der Waals surface area contributed by atoms with E-state index in [9.17, 15) is 18.0 Å². The number of rotatable bonds is 8. The molecule has 4 rings (SSSR count). The van der Waals surface area contributed by atoms with Crippen LogP contribution in [0.1, 0.15) is 18.4 Å². The third-order valence-electron chi connectivity index (χ3n) is 5.97. The van der Waals surface area contributed by atoms with Gasteiger partial charge in [0.25, 0.3) is 0 Å². The lowest BCUT2D eigenvalue weighted by Gasteiger charge is -2.32. The lowest BCUT2D eigenvalue weighted by molar-refractivity contribution is -0.130. The number of aromatic nitrogens is 1. The highest BCUT2D eigenvalue weighted by molar-refractivity contribution is 7.89. The van der Waals surface area contributed by atoms with E-state index in [0.29, 0.717) is 31.6 Å². The van der Waals surface area contributed by atoms with Crippen LogP contribution in [0.15, 0.2) is 90.0 Å². The lowest BCUT2D eigenvalue weighted by atomic mass is 9.97. The molecule has 0 bridgehead atoms. The molecule has 2 amide bonds. The summed E-state index contributed by atoms with van der Waals surface area (Å²) in [5.41, 5.74) is 0.894. The molecule has 8 nitrogen and oxygen atoms in total. The number of nitrogens with zero attached hydrogens (tertiary/aromatic N) is 2. The first kappa shape index (κ1) is 24.6. The van der Waals surface area contributed by atoms with Crippen LogP contribution >= 0.6 is 0 Å². The monoisotopic (exact) mass is 492 g/mol. The topological polar surface area (TPSA) is 108 Å². The van der Waals surface area contributed by atoms with E-state index in [0.717, 1.165) is 5.56 Å². The molecule has 2 heterocycles. The van der Waals surface area contributed by atoms with E-state index in [1.165, 1.54) is 4.31 Å². The van der Waals surface area contributed by atoms with Crippen LogP contribution in [0.2, 0.25) is 0 Å². The second kappa shape index (κ2) is 11.2. The van der Waals surface area contributed by atoms with Crippen molar-refractivity contribution in [3.8, 4) is 0 Å². The van der Waals surface area contributed by atoms with E-state index in [-0.39, 0.29) is 23.3 Å². The summed E-state index contributed by atoms with van der Waals surface area (Å²) in [5, 5.41) is 5.62. The zero-order valence-corrected chi connectivity index (χ0v) is 20.0. The molecule has 1 saturated heterocycles. The molecular weight excluding hydrogens is 464 g/mol. The summed E-state index contributed by atoms with van der Waals surface area (Å²) in [4.78, 5) is 30.6. The van der Waals surface area contributed by atoms with Crippen LogP contribution in [0, 0.1) is 5.92 Å². The van der Waals surface area contributed by atoms with Gasteiger partial charge >= 0.3 is 0 Å². The van der Waals surface area contributed by atoms with Gasteiger partial charge in [0, 0.05) is 25.7 Å². The molecule has 1 aliphatic rings. The van der Waals surface area contributed by atoms with E-state index >= 15 is 0 Å². The van der Waals surface area contributed by atoms with Crippen LogP contribution in [-0.4, -0.2) is 48.7 Å². The summed E-state index contributed by atoms with van der Waals surface area (Å²) in [6.07, 6.45) is 2.98. The predicted molar refractivity (Wildman–Crippen MR) is 133 cm³/mol. The largest absolute Gasteiger partial charge is 0.344 e. The van der Waals surface area contributed by atoms with Gasteiger partial charge in [0.05, 0.1) is 10.8 Å². The summed E-state index contributed by atoms with van der Waals surface area (Å²) in [7, 11) is -3.70. The summed E-state index contributed by atoms with van der Waals surface area (Å²) in [5.74, 6) is -0.883. The summed E-state index contributed by atoms with van der Waals surface area (Å²) in [6, 6.07) is 22.0. The zero-order valence-electron chi connectivity index (χ0n) is 19.2. The molecule has 1 fully saturated rings. The lowest BCUT2D eigenvalue weighted by Crippen LogP contribution is -2.51. The molecule has 35 heavy (non-hydrogen) atoms. The average Bonchev–Trinajstić information content (AvgIpc) is 2.90. The molecular formula is C26H28N4O4S. The number of piperidine rings is 1. The third kappa shape index (κ3) is 6.32. The van der Waals surface area contributed by atoms with Crippen LogP contribution in [-0.2, 0) is 26.0 Å². The Bertz CT molecular complexity index is 1240. The zero-order chi connectivity index (χ0) is 24.7. The molecule has 9 heteroatoms. The summed E-state index contributed by atoms with van der Waals surface area (Å²) < 4.78 is 27.5. The molecule has 182 valence electrons. The number of pyridine rings is 1. The SMILES string of the molecule is O=C(N[C@@H](Cc1ccccc1)C(=O)Nc1ccccn1)[C@H]1CCCN(S(=O)(=O)c2ccccc2)C1. The van der Waals surface area contributed by atoms with Gasteiger partial charge in [-0.25, -0.2) is 13.4 Å². The fourth-order valence-electron chi connectivity index (χ4n) is 4.11. The molecule has 0 radical (unpaired) electrons. The minimum Gasteiger partial charge on any atom is -0.344 e. The number of nitrogens with one attached hydrogen (secondary N) is 2. The number of carbonyl (C=O) groups excluding carboxylic acids is 2. The maximum atomic E-state index is 13.2. The Balaban J connectivity index is 1.48. The van der Waals surface area contributed by atoms with Crippen molar-refractivity contribution in [3.05, 3.63) is 90.6 Å². The van der Waals surface area contributed by atoms with E-state index in [4.69, 9.17) is 0 Å². The molecule has 1 aromatic heterocycles. The smallest absolute Gasteiger partial charge is 0.248 e. The predicted octanol–water partition coefficient (Wildman–Crippen LogP) is 2.85. The van der Waals surface area contributed by atoms with Crippen molar-refractivity contribution >= 4 is 27.7 Å². The molecule has 0 aliphatic carbocycles. The number of amides is 2. The maximum absolute atomic E-state index is 13.2. The van der Waals surface area contributed by atoms with Gasteiger partial charge in [-0.05, 0) is 42.7 Å². The molecule has 1 aliphatic heterocycles. The van der Waals surface area contributed by atoms with E-state index in [2.05, 4.69) is 15.6 Å². The summed E-state index contributed by atoms with van der Waals surface area (Å²) >= 11 is 0. The van der Waals surface area contributed by atoms with Gasteiger partial charge in [0.2, 0.25) is 21.8 Å². The number of carbonyl (C=O) groups is 2. The number of hydrogen-bond donors (Lipinski definition) is 2. The van der Waals surface area contributed by atoms with Crippen molar-refractivity contribution in [1.82, 2.24) is 14.6 Å². The highest BCUT2D eigenvalue weighted by Crippen LogP contribution is 2.24. The van der Waals surface area contributed by atoms with Crippen LogP contribution in [0.5, 0.6) is 0 Å². The first-order valence-electron chi connectivity index (χ1n) is 11.5. The first-order valence-corrected chi connectivity index (χ1v) is 13.0. The highest BCUT2D eigenvalue weighted by atomic mass is 32.2. The Morgan fingerprint density at radius 1 is 0.971 bits per heavy atom. The van der Waals surface area contributed by atoms with E-state index < -0.39 is 22.0 Å². The van der Waals surface area contributed by atoms with Gasteiger partial charge in [-0.15, -0.1) is 0 Å². The maximum Gasteiger partial charge on any atom is 0.248 e. The van der Waals surface area contributed by atoms with Gasteiger partial charge in [-0.1, -0.05) is 54.6 Å². The Kier molecular flexibility index (Phi) is 7.89. The van der Waals surface area contributed by atoms with Gasteiger partial charge in [-0.3, -0.25) is 9.59 Å². The number of benzene rings is 2. The number of hydrogen-bond acceptors (Lipinski definition) is 5. The van der Waals surface area contributed by atoms with Crippen LogP contribution < -0.4 is 10.6 Å². The fourth-order valence-corrected chi connectivity index (χ4v) is 5.66. The Morgan fingerprint density at radius 3 is 2.34 bits per heavy atom. The summed E-state index contributed by atoms with van der Waals surface area (Å²) in [6.45, 7) is 0.428. The second-order valence-electron chi connectivity index (χ2n) is 8.47. The molecule has 2 atom stereocenters. The number of sulfonamides is 1. The van der Waals surface area contributed by atoms with Gasteiger partial charge < -0.3 is 10.6 Å². The standard InChI is InChI=1S/C26H28N4O4S/c31-25(21-12-9-17-30(19-21)35(33,34)22-13-5-2-6-14-22)28-23(18-20-10-3-1-4-11-20)26(32)29-24-15-7-8-16-27-24/h1-8,10-11,13-16,21,23H,9,12,17-19H2,(H,28,31)(H,27,29,32)/t21-,23-/m0/s1. The van der Waals surface area contributed by atoms with Gasteiger partial charge in [-0.2, -0.15) is 4.31 Å². The molecule has 3 aromatic rings. The van der Waals surface area contributed by atoms with Gasteiger partial charge in [0.15, 0.2) is 0 Å². The number of anilines is 1. The molecule has 2 aromatic carbocycles. The van der Waals surface area contributed by atoms with E-state index in [1.54, 1.807) is 54.7 Å². The van der Waals surface area contributed by atoms with Crippen LogP contribution in [0.4, 0.5) is 5.82 Å². The second-order valence-corrected chi connectivity index (χ2v) is 10.4. The van der Waals surface area contributed by atoms with Gasteiger partial charge in [0.1, 0.15) is 11.9 Å². The average molecular weight is 493 g/mol. The Hall–Kier alpha value is -3.56. The quantitative estimate of drug-likeness (QED) is 0.503. The molecule has 0 unspecified atom stereocenters. The minimum atomic E-state index is -3.70. The highest BCUT2D eigenvalue weighted by Gasteiger charge is 2.34. The Morgan fingerprint density at radius 2 is 1.66 bits per heavy atom. The first-order chi connectivity index (χ1) is 16.9. The third-order valence-corrected chi connectivity index (χ3v) is 7.85. The minimum absolute atomic E-state index is 0.0724.